The average molecular weight is 421 g/mol. The molecule has 3 heterocycles. The molecule has 0 bridgehead atoms. The number of aromatic nitrogens is 4. The normalized spacial score (nSPS) is 14.1. The summed E-state index contributed by atoms with van der Waals surface area (Å²) in [5.74, 6) is 3.05. The number of nitrogens with zero attached hydrogens (tertiary/aromatic N) is 6. The number of amides is 1. The molecule has 3 aromatic rings. The molecule has 162 valence electrons. The van der Waals surface area contributed by atoms with Gasteiger partial charge >= 0.3 is 0 Å². The van der Waals surface area contributed by atoms with E-state index >= 15 is 0 Å². The number of rotatable bonds is 5. The van der Waals surface area contributed by atoms with E-state index in [1.54, 1.807) is 0 Å². The zero-order chi connectivity index (χ0) is 22.0. The Labute approximate surface area is 182 Å². The fourth-order valence-electron chi connectivity index (χ4n) is 3.79. The summed E-state index contributed by atoms with van der Waals surface area (Å²) >= 11 is 0. The molecule has 1 aliphatic rings. The molecule has 1 aromatic carbocycles. The summed E-state index contributed by atoms with van der Waals surface area (Å²) in [7, 11) is 0. The SMILES string of the molecule is Cc1cccc(OCC(=O)N2CCN(c3cc(-n4nc(C)cc4C)nc(C)n3)CC2)c1. The lowest BCUT2D eigenvalue weighted by Crippen LogP contribution is -2.50. The van der Waals surface area contributed by atoms with Crippen LogP contribution in [0.5, 0.6) is 5.75 Å². The van der Waals surface area contributed by atoms with Crippen LogP contribution in [0.1, 0.15) is 22.8 Å². The summed E-state index contributed by atoms with van der Waals surface area (Å²) < 4.78 is 7.51. The summed E-state index contributed by atoms with van der Waals surface area (Å²) in [6.07, 6.45) is 0. The summed E-state index contributed by atoms with van der Waals surface area (Å²) in [4.78, 5) is 25.8. The fourth-order valence-corrected chi connectivity index (χ4v) is 3.79. The standard InChI is InChI=1S/C23H28N6O2/c1-16-6-5-7-20(12-16)31-15-23(30)28-10-8-27(9-11-28)21-14-22(25-19(4)24-21)29-18(3)13-17(2)26-29/h5-7,12-14H,8-11,15H2,1-4H3. The Bertz CT molecular complexity index is 1090. The summed E-state index contributed by atoms with van der Waals surface area (Å²) in [5.41, 5.74) is 3.10. The number of benzene rings is 1. The van der Waals surface area contributed by atoms with E-state index in [2.05, 4.69) is 20.0 Å². The third-order valence-electron chi connectivity index (χ3n) is 5.35. The molecule has 4 rings (SSSR count). The Balaban J connectivity index is 1.38. The Morgan fingerprint density at radius 3 is 2.39 bits per heavy atom. The topological polar surface area (TPSA) is 76.4 Å². The average Bonchev–Trinajstić information content (AvgIpc) is 3.10. The Hall–Kier alpha value is -3.42. The fraction of sp³-hybridized carbons (Fsp3) is 0.391. The predicted molar refractivity (Wildman–Crippen MR) is 119 cm³/mol. The summed E-state index contributed by atoms with van der Waals surface area (Å²) in [5, 5.41) is 4.53. The lowest BCUT2D eigenvalue weighted by Gasteiger charge is -2.35. The van der Waals surface area contributed by atoms with Crippen molar-refractivity contribution in [2.75, 3.05) is 37.7 Å². The molecule has 0 aliphatic carbocycles. The van der Waals surface area contributed by atoms with Gasteiger partial charge in [-0.2, -0.15) is 5.10 Å². The largest absolute Gasteiger partial charge is 0.484 e. The van der Waals surface area contributed by atoms with E-state index in [-0.39, 0.29) is 12.5 Å². The van der Waals surface area contributed by atoms with Crippen molar-refractivity contribution in [1.29, 1.82) is 0 Å². The van der Waals surface area contributed by atoms with Gasteiger partial charge in [0, 0.05) is 37.9 Å². The zero-order valence-corrected chi connectivity index (χ0v) is 18.5. The van der Waals surface area contributed by atoms with Gasteiger partial charge in [0.1, 0.15) is 17.4 Å². The molecule has 0 N–H and O–H groups in total. The van der Waals surface area contributed by atoms with Crippen LogP contribution in [0.3, 0.4) is 0 Å². The van der Waals surface area contributed by atoms with Gasteiger partial charge in [-0.25, -0.2) is 14.6 Å². The summed E-state index contributed by atoms with van der Waals surface area (Å²) in [6, 6.07) is 11.7. The molecule has 1 aliphatic heterocycles. The van der Waals surface area contributed by atoms with E-state index in [9.17, 15) is 4.79 Å². The van der Waals surface area contributed by atoms with Crippen molar-refractivity contribution >= 4 is 11.7 Å². The minimum atomic E-state index is 0.00311. The maximum absolute atomic E-state index is 12.6. The van der Waals surface area contributed by atoms with Crippen LogP contribution >= 0.6 is 0 Å². The number of carbonyl (C=O) groups is 1. The van der Waals surface area contributed by atoms with Crippen LogP contribution in [-0.2, 0) is 4.79 Å². The highest BCUT2D eigenvalue weighted by atomic mass is 16.5. The van der Waals surface area contributed by atoms with Crippen molar-refractivity contribution in [3.63, 3.8) is 0 Å². The lowest BCUT2D eigenvalue weighted by molar-refractivity contribution is -0.133. The highest BCUT2D eigenvalue weighted by molar-refractivity contribution is 5.78. The predicted octanol–water partition coefficient (Wildman–Crippen LogP) is 2.62. The number of anilines is 1. The maximum atomic E-state index is 12.6. The molecule has 0 spiro atoms. The second kappa shape index (κ2) is 8.75. The smallest absolute Gasteiger partial charge is 0.260 e. The highest BCUT2D eigenvalue weighted by Gasteiger charge is 2.23. The van der Waals surface area contributed by atoms with Gasteiger partial charge in [-0.15, -0.1) is 0 Å². The Kier molecular flexibility index (Phi) is 5.88. The van der Waals surface area contributed by atoms with E-state index < -0.39 is 0 Å². The van der Waals surface area contributed by atoms with Gasteiger partial charge in [0.25, 0.3) is 5.91 Å². The first-order valence-corrected chi connectivity index (χ1v) is 10.5. The molecule has 8 heteroatoms. The van der Waals surface area contributed by atoms with Crippen molar-refractivity contribution in [2.45, 2.75) is 27.7 Å². The number of ether oxygens (including phenoxy) is 1. The third-order valence-corrected chi connectivity index (χ3v) is 5.35. The van der Waals surface area contributed by atoms with Gasteiger partial charge in [-0.1, -0.05) is 12.1 Å². The molecule has 1 amide bonds. The van der Waals surface area contributed by atoms with Gasteiger partial charge < -0.3 is 14.5 Å². The first kappa shape index (κ1) is 20.8. The van der Waals surface area contributed by atoms with Crippen LogP contribution in [0.15, 0.2) is 36.4 Å². The molecular formula is C23H28N6O2. The lowest BCUT2D eigenvalue weighted by atomic mass is 10.2. The monoisotopic (exact) mass is 420 g/mol. The molecule has 0 atom stereocenters. The van der Waals surface area contributed by atoms with E-state index in [0.717, 1.165) is 34.3 Å². The van der Waals surface area contributed by atoms with Crippen molar-refractivity contribution < 1.29 is 9.53 Å². The van der Waals surface area contributed by atoms with E-state index in [1.807, 2.05) is 73.7 Å². The van der Waals surface area contributed by atoms with Crippen molar-refractivity contribution in [3.8, 4) is 11.6 Å². The van der Waals surface area contributed by atoms with Crippen LogP contribution in [0, 0.1) is 27.7 Å². The molecule has 1 saturated heterocycles. The maximum Gasteiger partial charge on any atom is 0.260 e. The molecule has 8 nitrogen and oxygen atoms in total. The molecule has 0 radical (unpaired) electrons. The van der Waals surface area contributed by atoms with Crippen molar-refractivity contribution in [3.05, 3.63) is 59.2 Å². The van der Waals surface area contributed by atoms with Crippen LogP contribution in [0.25, 0.3) is 5.82 Å². The number of hydrogen-bond acceptors (Lipinski definition) is 6. The Morgan fingerprint density at radius 1 is 0.968 bits per heavy atom. The van der Waals surface area contributed by atoms with Crippen LogP contribution < -0.4 is 9.64 Å². The minimum absolute atomic E-state index is 0.00311. The number of piperazine rings is 1. The van der Waals surface area contributed by atoms with Gasteiger partial charge in [-0.05, 0) is 51.5 Å². The van der Waals surface area contributed by atoms with Crippen molar-refractivity contribution in [2.24, 2.45) is 0 Å². The molecule has 0 unspecified atom stereocenters. The van der Waals surface area contributed by atoms with Crippen LogP contribution in [0.2, 0.25) is 0 Å². The second-order valence-electron chi connectivity index (χ2n) is 7.94. The first-order valence-electron chi connectivity index (χ1n) is 10.5. The van der Waals surface area contributed by atoms with E-state index in [0.29, 0.717) is 32.0 Å². The molecular weight excluding hydrogens is 392 g/mol. The first-order chi connectivity index (χ1) is 14.9. The number of carbonyl (C=O) groups excluding carboxylic acids is 1. The van der Waals surface area contributed by atoms with Crippen LogP contribution in [-0.4, -0.2) is 63.3 Å². The number of hydrogen-bond donors (Lipinski definition) is 0. The molecule has 2 aromatic heterocycles. The minimum Gasteiger partial charge on any atom is -0.484 e. The van der Waals surface area contributed by atoms with E-state index in [4.69, 9.17) is 4.74 Å². The van der Waals surface area contributed by atoms with Gasteiger partial charge in [0.05, 0.1) is 5.69 Å². The molecule has 1 fully saturated rings. The quantitative estimate of drug-likeness (QED) is 0.632. The van der Waals surface area contributed by atoms with Gasteiger partial charge in [-0.3, -0.25) is 4.79 Å². The van der Waals surface area contributed by atoms with E-state index in [1.165, 1.54) is 0 Å². The second-order valence-corrected chi connectivity index (χ2v) is 7.94. The van der Waals surface area contributed by atoms with Crippen molar-refractivity contribution in [1.82, 2.24) is 24.6 Å². The number of aryl methyl sites for hydroxylation is 4. The van der Waals surface area contributed by atoms with Gasteiger partial charge in [0.15, 0.2) is 12.4 Å². The zero-order valence-electron chi connectivity index (χ0n) is 18.5. The highest BCUT2D eigenvalue weighted by Crippen LogP contribution is 2.19. The van der Waals surface area contributed by atoms with Crippen LogP contribution in [0.4, 0.5) is 5.82 Å². The third kappa shape index (κ3) is 4.84. The van der Waals surface area contributed by atoms with Gasteiger partial charge in [0.2, 0.25) is 0 Å². The molecule has 31 heavy (non-hydrogen) atoms. The Morgan fingerprint density at radius 2 is 1.71 bits per heavy atom. The summed E-state index contributed by atoms with van der Waals surface area (Å²) in [6.45, 7) is 10.6. The molecule has 0 saturated carbocycles.